The van der Waals surface area contributed by atoms with Crippen LogP contribution in [0.3, 0.4) is 0 Å². The molecular weight excluding hydrogens is 270 g/mol. The quantitative estimate of drug-likeness (QED) is 0.740. The van der Waals surface area contributed by atoms with Gasteiger partial charge in [-0.15, -0.1) is 11.3 Å². The van der Waals surface area contributed by atoms with E-state index in [2.05, 4.69) is 31.3 Å². The van der Waals surface area contributed by atoms with Gasteiger partial charge in [-0.05, 0) is 44.2 Å². The molecule has 2 aromatic rings. The molecule has 0 bridgehead atoms. The van der Waals surface area contributed by atoms with Crippen molar-refractivity contribution in [3.8, 4) is 0 Å². The third-order valence-electron chi connectivity index (χ3n) is 3.04. The zero-order chi connectivity index (χ0) is 14.7. The number of thiophene rings is 1. The lowest BCUT2D eigenvalue weighted by Crippen LogP contribution is -2.19. The van der Waals surface area contributed by atoms with Crippen LogP contribution in [0.4, 0.5) is 11.4 Å². The molecule has 20 heavy (non-hydrogen) atoms. The van der Waals surface area contributed by atoms with E-state index in [1.165, 1.54) is 9.75 Å². The summed E-state index contributed by atoms with van der Waals surface area (Å²) < 4.78 is 0. The number of anilines is 2. The second kappa shape index (κ2) is 5.96. The van der Waals surface area contributed by atoms with Crippen molar-refractivity contribution in [2.45, 2.75) is 26.3 Å². The zero-order valence-corrected chi connectivity index (χ0v) is 12.5. The van der Waals surface area contributed by atoms with Gasteiger partial charge in [-0.1, -0.05) is 0 Å². The molecular formula is C15H19N3OS. The summed E-state index contributed by atoms with van der Waals surface area (Å²) >= 11 is 1.79. The Morgan fingerprint density at radius 2 is 2.10 bits per heavy atom. The Morgan fingerprint density at radius 3 is 2.70 bits per heavy atom. The molecule has 0 saturated carbocycles. The van der Waals surface area contributed by atoms with Crippen LogP contribution in [0, 0.1) is 6.92 Å². The van der Waals surface area contributed by atoms with Gasteiger partial charge in [0, 0.05) is 27.8 Å². The van der Waals surface area contributed by atoms with Gasteiger partial charge in [0.25, 0.3) is 0 Å². The van der Waals surface area contributed by atoms with Gasteiger partial charge in [0.05, 0.1) is 11.4 Å². The highest BCUT2D eigenvalue weighted by molar-refractivity contribution is 7.11. The van der Waals surface area contributed by atoms with Gasteiger partial charge in [0.2, 0.25) is 5.91 Å². The smallest absolute Gasteiger partial charge is 0.248 e. The molecule has 1 amide bonds. The van der Waals surface area contributed by atoms with Gasteiger partial charge in [-0.25, -0.2) is 0 Å². The summed E-state index contributed by atoms with van der Waals surface area (Å²) in [6.45, 7) is 4.19. The van der Waals surface area contributed by atoms with Gasteiger partial charge < -0.3 is 16.8 Å². The van der Waals surface area contributed by atoms with Crippen molar-refractivity contribution in [1.82, 2.24) is 0 Å². The summed E-state index contributed by atoms with van der Waals surface area (Å²) in [7, 11) is 0. The van der Waals surface area contributed by atoms with E-state index in [9.17, 15) is 4.79 Å². The van der Waals surface area contributed by atoms with Crippen LogP contribution < -0.4 is 16.8 Å². The third kappa shape index (κ3) is 3.51. The molecule has 1 unspecified atom stereocenters. The first-order chi connectivity index (χ1) is 9.45. The first-order valence-corrected chi connectivity index (χ1v) is 7.28. The van der Waals surface area contributed by atoms with Gasteiger partial charge in [0.15, 0.2) is 0 Å². The van der Waals surface area contributed by atoms with Crippen LogP contribution in [0.2, 0.25) is 0 Å². The summed E-state index contributed by atoms with van der Waals surface area (Å²) in [5.41, 5.74) is 13.0. The van der Waals surface area contributed by atoms with E-state index >= 15 is 0 Å². The maximum absolute atomic E-state index is 11.2. The maximum Gasteiger partial charge on any atom is 0.248 e. The number of nitrogens with two attached hydrogens (primary N) is 2. The Hall–Kier alpha value is -2.01. The maximum atomic E-state index is 11.2. The zero-order valence-electron chi connectivity index (χ0n) is 11.6. The Labute approximate surface area is 122 Å². The Balaban J connectivity index is 2.08. The minimum Gasteiger partial charge on any atom is -0.397 e. The number of primary amides is 1. The number of hydrogen-bond donors (Lipinski definition) is 3. The predicted octanol–water partition coefficient (Wildman–Crippen LogP) is 2.78. The number of carbonyl (C=O) groups is 1. The van der Waals surface area contributed by atoms with Crippen molar-refractivity contribution in [1.29, 1.82) is 0 Å². The largest absolute Gasteiger partial charge is 0.397 e. The number of nitrogen functional groups attached to an aromatic ring is 1. The van der Waals surface area contributed by atoms with Crippen molar-refractivity contribution in [3.63, 3.8) is 0 Å². The van der Waals surface area contributed by atoms with E-state index in [4.69, 9.17) is 11.5 Å². The Morgan fingerprint density at radius 1 is 1.35 bits per heavy atom. The van der Waals surface area contributed by atoms with E-state index in [0.29, 0.717) is 11.3 Å². The van der Waals surface area contributed by atoms with Crippen LogP contribution in [0.25, 0.3) is 0 Å². The molecule has 1 aromatic carbocycles. The Kier molecular flexibility index (Phi) is 4.29. The van der Waals surface area contributed by atoms with E-state index in [0.717, 1.165) is 12.1 Å². The van der Waals surface area contributed by atoms with Gasteiger partial charge >= 0.3 is 0 Å². The molecule has 5 heteroatoms. The van der Waals surface area contributed by atoms with Crippen LogP contribution in [0.15, 0.2) is 30.3 Å². The monoisotopic (exact) mass is 289 g/mol. The molecule has 0 spiro atoms. The highest BCUT2D eigenvalue weighted by Gasteiger charge is 2.09. The standard InChI is InChI=1S/C15H19N3OS/c1-9(7-12-5-3-10(2)20-12)18-14-8-11(15(17)19)4-6-13(14)16/h3-6,8-9,18H,7,16H2,1-2H3,(H2,17,19). The summed E-state index contributed by atoms with van der Waals surface area (Å²) in [6, 6.07) is 9.52. The van der Waals surface area contributed by atoms with Crippen LogP contribution in [0.5, 0.6) is 0 Å². The van der Waals surface area contributed by atoms with Crippen molar-refractivity contribution in [2.75, 3.05) is 11.1 Å². The topological polar surface area (TPSA) is 81.1 Å². The average molecular weight is 289 g/mol. The molecule has 0 aliphatic carbocycles. The van der Waals surface area contributed by atoms with Crippen molar-refractivity contribution >= 4 is 28.6 Å². The van der Waals surface area contributed by atoms with E-state index in [1.54, 1.807) is 29.5 Å². The summed E-state index contributed by atoms with van der Waals surface area (Å²) in [5, 5.41) is 3.34. The van der Waals surface area contributed by atoms with Gasteiger partial charge in [-0.3, -0.25) is 4.79 Å². The lowest BCUT2D eigenvalue weighted by atomic mass is 10.1. The molecule has 0 radical (unpaired) electrons. The van der Waals surface area contributed by atoms with E-state index in [-0.39, 0.29) is 6.04 Å². The molecule has 5 N–H and O–H groups in total. The SMILES string of the molecule is Cc1ccc(CC(C)Nc2cc(C(N)=O)ccc2N)s1. The molecule has 1 heterocycles. The van der Waals surface area contributed by atoms with E-state index < -0.39 is 5.91 Å². The second-order valence-corrected chi connectivity index (χ2v) is 6.30. The fourth-order valence-electron chi connectivity index (χ4n) is 2.05. The third-order valence-corrected chi connectivity index (χ3v) is 4.07. The lowest BCUT2D eigenvalue weighted by Gasteiger charge is -2.16. The van der Waals surface area contributed by atoms with Crippen LogP contribution in [0.1, 0.15) is 27.0 Å². The number of amides is 1. The number of benzene rings is 1. The van der Waals surface area contributed by atoms with Crippen LogP contribution in [-0.2, 0) is 6.42 Å². The van der Waals surface area contributed by atoms with Gasteiger partial charge in [0.1, 0.15) is 0 Å². The van der Waals surface area contributed by atoms with E-state index in [1.807, 2.05) is 0 Å². The predicted molar refractivity (Wildman–Crippen MR) is 85.2 cm³/mol. The molecule has 106 valence electrons. The fraction of sp³-hybridized carbons (Fsp3) is 0.267. The van der Waals surface area contributed by atoms with Crippen molar-refractivity contribution in [3.05, 3.63) is 45.6 Å². The first-order valence-electron chi connectivity index (χ1n) is 6.47. The first kappa shape index (κ1) is 14.4. The minimum atomic E-state index is -0.449. The number of nitrogens with one attached hydrogen (secondary N) is 1. The number of carbonyl (C=O) groups excluding carboxylic acids is 1. The molecule has 0 fully saturated rings. The fourth-order valence-corrected chi connectivity index (χ4v) is 3.07. The van der Waals surface area contributed by atoms with Crippen LogP contribution >= 0.6 is 11.3 Å². The highest BCUT2D eigenvalue weighted by Crippen LogP contribution is 2.23. The molecule has 4 nitrogen and oxygen atoms in total. The highest BCUT2D eigenvalue weighted by atomic mass is 32.1. The van der Waals surface area contributed by atoms with Crippen molar-refractivity contribution < 1.29 is 4.79 Å². The molecule has 0 aliphatic rings. The average Bonchev–Trinajstić information content (AvgIpc) is 2.77. The molecule has 0 aliphatic heterocycles. The molecule has 2 rings (SSSR count). The molecule has 1 atom stereocenters. The number of aryl methyl sites for hydroxylation is 1. The van der Waals surface area contributed by atoms with Crippen LogP contribution in [-0.4, -0.2) is 11.9 Å². The lowest BCUT2D eigenvalue weighted by molar-refractivity contribution is 0.100. The minimum absolute atomic E-state index is 0.221. The van der Waals surface area contributed by atoms with Gasteiger partial charge in [-0.2, -0.15) is 0 Å². The molecule has 1 aromatic heterocycles. The number of hydrogen-bond acceptors (Lipinski definition) is 4. The number of rotatable bonds is 5. The molecule has 0 saturated heterocycles. The summed E-state index contributed by atoms with van der Waals surface area (Å²) in [5.74, 6) is -0.449. The van der Waals surface area contributed by atoms with Crippen molar-refractivity contribution in [2.24, 2.45) is 5.73 Å². The summed E-state index contributed by atoms with van der Waals surface area (Å²) in [4.78, 5) is 13.8. The normalized spacial score (nSPS) is 12.1. The Bertz CT molecular complexity index is 621. The second-order valence-electron chi connectivity index (χ2n) is 4.93. The summed E-state index contributed by atoms with van der Waals surface area (Å²) in [6.07, 6.45) is 0.915.